The summed E-state index contributed by atoms with van der Waals surface area (Å²) in [4.78, 5) is 2.53. The summed E-state index contributed by atoms with van der Waals surface area (Å²) < 4.78 is 5.68. The summed E-state index contributed by atoms with van der Waals surface area (Å²) in [5.74, 6) is 1.14. The second-order valence-corrected chi connectivity index (χ2v) is 6.52. The highest BCUT2D eigenvalue weighted by Crippen LogP contribution is 2.29. The van der Waals surface area contributed by atoms with Gasteiger partial charge in [-0.05, 0) is 43.8 Å². The van der Waals surface area contributed by atoms with Gasteiger partial charge in [-0.25, -0.2) is 0 Å². The van der Waals surface area contributed by atoms with Gasteiger partial charge in [0.05, 0.1) is 12.8 Å². The Balaban J connectivity index is 1.90. The van der Waals surface area contributed by atoms with Crippen molar-refractivity contribution in [3.63, 3.8) is 0 Å². The quantitative estimate of drug-likeness (QED) is 0.798. The van der Waals surface area contributed by atoms with Gasteiger partial charge < -0.3 is 9.73 Å². The third kappa shape index (κ3) is 4.36. The molecule has 1 aliphatic heterocycles. The first-order valence-corrected chi connectivity index (χ1v) is 7.59. The van der Waals surface area contributed by atoms with Gasteiger partial charge in [-0.15, -0.1) is 0 Å². The molecule has 0 saturated carbocycles. The number of piperidine rings is 1. The maximum Gasteiger partial charge on any atom is 0.122 e. The molecule has 0 spiro atoms. The average molecular weight is 264 g/mol. The van der Waals surface area contributed by atoms with Gasteiger partial charge in [-0.1, -0.05) is 20.8 Å². The van der Waals surface area contributed by atoms with Crippen molar-refractivity contribution in [2.24, 2.45) is 5.41 Å². The zero-order valence-electron chi connectivity index (χ0n) is 12.7. The Kier molecular flexibility index (Phi) is 5.06. The first-order valence-electron chi connectivity index (χ1n) is 7.59. The molecular formula is C16H28N2O. The molecule has 1 aromatic rings. The molecule has 0 atom stereocenters. The van der Waals surface area contributed by atoms with Crippen molar-refractivity contribution in [1.82, 2.24) is 10.2 Å². The van der Waals surface area contributed by atoms with E-state index in [9.17, 15) is 0 Å². The monoisotopic (exact) mass is 264 g/mol. The smallest absolute Gasteiger partial charge is 0.122 e. The molecule has 2 rings (SSSR count). The van der Waals surface area contributed by atoms with E-state index in [1.165, 1.54) is 37.9 Å². The predicted octanol–water partition coefficient (Wildman–Crippen LogP) is 3.40. The van der Waals surface area contributed by atoms with Crippen LogP contribution in [0.4, 0.5) is 0 Å². The van der Waals surface area contributed by atoms with E-state index in [0.717, 1.165) is 25.4 Å². The van der Waals surface area contributed by atoms with E-state index >= 15 is 0 Å². The molecule has 0 aromatic carbocycles. The van der Waals surface area contributed by atoms with Crippen LogP contribution < -0.4 is 5.32 Å². The number of hydrogen-bond acceptors (Lipinski definition) is 3. The van der Waals surface area contributed by atoms with Crippen molar-refractivity contribution in [2.75, 3.05) is 19.6 Å². The molecule has 19 heavy (non-hydrogen) atoms. The van der Waals surface area contributed by atoms with Crippen molar-refractivity contribution in [3.8, 4) is 0 Å². The molecule has 3 nitrogen and oxygen atoms in total. The van der Waals surface area contributed by atoms with Crippen LogP contribution in [-0.4, -0.2) is 24.5 Å². The van der Waals surface area contributed by atoms with Crippen molar-refractivity contribution in [2.45, 2.75) is 53.1 Å². The second kappa shape index (κ2) is 6.58. The van der Waals surface area contributed by atoms with Gasteiger partial charge in [0.2, 0.25) is 0 Å². The van der Waals surface area contributed by atoms with E-state index in [1.54, 1.807) is 0 Å². The van der Waals surface area contributed by atoms with E-state index in [-0.39, 0.29) is 0 Å². The summed E-state index contributed by atoms with van der Waals surface area (Å²) in [5.41, 5.74) is 1.77. The van der Waals surface area contributed by atoms with Gasteiger partial charge in [-0.3, -0.25) is 4.90 Å². The van der Waals surface area contributed by atoms with Crippen LogP contribution in [-0.2, 0) is 13.1 Å². The lowest BCUT2D eigenvalue weighted by Crippen LogP contribution is -2.39. The van der Waals surface area contributed by atoms with E-state index in [2.05, 4.69) is 37.1 Å². The molecule has 1 aliphatic rings. The van der Waals surface area contributed by atoms with E-state index < -0.39 is 0 Å². The summed E-state index contributed by atoms with van der Waals surface area (Å²) >= 11 is 0. The third-order valence-electron chi connectivity index (χ3n) is 3.93. The number of nitrogens with one attached hydrogen (secondary N) is 1. The van der Waals surface area contributed by atoms with E-state index in [0.29, 0.717) is 5.41 Å². The van der Waals surface area contributed by atoms with Crippen LogP contribution in [0.3, 0.4) is 0 Å². The number of likely N-dealkylation sites (tertiary alicyclic amines) is 1. The summed E-state index contributed by atoms with van der Waals surface area (Å²) in [5, 5.41) is 3.45. The van der Waals surface area contributed by atoms with Gasteiger partial charge >= 0.3 is 0 Å². The predicted molar refractivity (Wildman–Crippen MR) is 79.0 cm³/mol. The molecule has 0 aliphatic carbocycles. The molecule has 3 heteroatoms. The van der Waals surface area contributed by atoms with Gasteiger partial charge in [0.15, 0.2) is 0 Å². The lowest BCUT2D eigenvalue weighted by atomic mass is 9.84. The van der Waals surface area contributed by atoms with Crippen molar-refractivity contribution in [1.29, 1.82) is 0 Å². The first-order chi connectivity index (χ1) is 9.11. The Bertz CT molecular complexity index is 384. The molecule has 0 unspecified atom stereocenters. The Morgan fingerprint density at radius 2 is 2.26 bits per heavy atom. The standard InChI is InChI=1S/C16H28N2O/c1-4-8-17-11-14-6-10-19-15(14)12-18-9-5-7-16(2,3)13-18/h6,10,17H,4-5,7-9,11-13H2,1-3H3. The lowest BCUT2D eigenvalue weighted by molar-refractivity contribution is 0.104. The first kappa shape index (κ1) is 14.6. The zero-order chi connectivity index (χ0) is 13.7. The van der Waals surface area contributed by atoms with Crippen LogP contribution >= 0.6 is 0 Å². The van der Waals surface area contributed by atoms with Crippen molar-refractivity contribution >= 4 is 0 Å². The van der Waals surface area contributed by atoms with Crippen LogP contribution in [0.15, 0.2) is 16.7 Å². The second-order valence-electron chi connectivity index (χ2n) is 6.52. The van der Waals surface area contributed by atoms with Gasteiger partial charge in [0.1, 0.15) is 5.76 Å². The number of furan rings is 1. The zero-order valence-corrected chi connectivity index (χ0v) is 12.7. The molecule has 108 valence electrons. The van der Waals surface area contributed by atoms with E-state index in [4.69, 9.17) is 4.42 Å². The SMILES string of the molecule is CCCNCc1ccoc1CN1CCCC(C)(C)C1. The number of nitrogens with zero attached hydrogens (tertiary/aromatic N) is 1. The van der Waals surface area contributed by atoms with Crippen LogP contribution in [0.5, 0.6) is 0 Å². The topological polar surface area (TPSA) is 28.4 Å². The largest absolute Gasteiger partial charge is 0.468 e. The molecule has 2 heterocycles. The highest BCUT2D eigenvalue weighted by molar-refractivity contribution is 5.17. The number of rotatable bonds is 6. The minimum Gasteiger partial charge on any atom is -0.468 e. The fourth-order valence-corrected chi connectivity index (χ4v) is 2.95. The van der Waals surface area contributed by atoms with Gasteiger partial charge in [-0.2, -0.15) is 0 Å². The molecule has 0 radical (unpaired) electrons. The summed E-state index contributed by atoms with van der Waals surface area (Å²) in [6, 6.07) is 2.10. The Labute approximate surface area is 117 Å². The molecule has 0 amide bonds. The summed E-state index contributed by atoms with van der Waals surface area (Å²) in [6.07, 6.45) is 5.64. The summed E-state index contributed by atoms with van der Waals surface area (Å²) in [7, 11) is 0. The van der Waals surface area contributed by atoms with Crippen LogP contribution in [0.25, 0.3) is 0 Å². The van der Waals surface area contributed by atoms with Crippen LogP contribution in [0.2, 0.25) is 0 Å². The molecular weight excluding hydrogens is 236 g/mol. The highest BCUT2D eigenvalue weighted by Gasteiger charge is 2.27. The number of hydrogen-bond donors (Lipinski definition) is 1. The fourth-order valence-electron chi connectivity index (χ4n) is 2.95. The van der Waals surface area contributed by atoms with E-state index in [1.807, 2.05) is 6.26 Å². The molecule has 1 saturated heterocycles. The molecule has 1 aromatic heterocycles. The lowest BCUT2D eigenvalue weighted by Gasteiger charge is -2.37. The third-order valence-corrected chi connectivity index (χ3v) is 3.93. The van der Waals surface area contributed by atoms with Crippen molar-refractivity contribution < 1.29 is 4.42 Å². The molecule has 1 N–H and O–H groups in total. The Morgan fingerprint density at radius 1 is 1.42 bits per heavy atom. The fraction of sp³-hybridized carbons (Fsp3) is 0.750. The Morgan fingerprint density at radius 3 is 3.00 bits per heavy atom. The maximum atomic E-state index is 5.68. The molecule has 1 fully saturated rings. The summed E-state index contributed by atoms with van der Waals surface area (Å²) in [6.45, 7) is 12.3. The minimum atomic E-state index is 0.450. The van der Waals surface area contributed by atoms with Crippen LogP contribution in [0.1, 0.15) is 51.4 Å². The Hall–Kier alpha value is -0.800. The highest BCUT2D eigenvalue weighted by atomic mass is 16.3. The normalized spacial score (nSPS) is 19.7. The molecule has 0 bridgehead atoms. The van der Waals surface area contributed by atoms with Gasteiger partial charge in [0.25, 0.3) is 0 Å². The minimum absolute atomic E-state index is 0.450. The van der Waals surface area contributed by atoms with Gasteiger partial charge in [0, 0.05) is 18.7 Å². The van der Waals surface area contributed by atoms with Crippen LogP contribution in [0, 0.1) is 5.41 Å². The van der Waals surface area contributed by atoms with Crippen molar-refractivity contribution in [3.05, 3.63) is 23.7 Å². The maximum absolute atomic E-state index is 5.68. The average Bonchev–Trinajstić information content (AvgIpc) is 2.76.